The Labute approximate surface area is 174 Å². The summed E-state index contributed by atoms with van der Waals surface area (Å²) in [5.41, 5.74) is -0.338. The molecule has 0 saturated heterocycles. The molecule has 0 saturated carbocycles. The normalized spacial score (nSPS) is 12.3. The standard InChI is InChI=1S/C21H36N4O4/c1-8-21(9-2,25-19(27)29-20(3,4)5)14-24-18(22-6)23-13-15-12-16(28-7)10-11-17(15)26/h10-12,26H,8-9,13-14H2,1-7H3,(H,25,27)(H2,22,23,24). The summed E-state index contributed by atoms with van der Waals surface area (Å²) < 4.78 is 10.6. The molecular weight excluding hydrogens is 372 g/mol. The molecule has 0 fully saturated rings. The number of nitrogens with one attached hydrogen (secondary N) is 3. The van der Waals surface area contributed by atoms with Crippen molar-refractivity contribution in [3.8, 4) is 11.5 Å². The maximum Gasteiger partial charge on any atom is 0.408 e. The Balaban J connectivity index is 2.73. The van der Waals surface area contributed by atoms with Crippen LogP contribution in [0.1, 0.15) is 53.0 Å². The third-order valence-corrected chi connectivity index (χ3v) is 4.67. The highest BCUT2D eigenvalue weighted by Gasteiger charge is 2.30. The first kappa shape index (κ1) is 24.4. The maximum absolute atomic E-state index is 12.3. The molecule has 1 amide bonds. The second-order valence-electron chi connectivity index (χ2n) is 7.89. The fourth-order valence-corrected chi connectivity index (χ4v) is 2.72. The molecule has 0 bridgehead atoms. The van der Waals surface area contributed by atoms with E-state index < -0.39 is 17.2 Å². The van der Waals surface area contributed by atoms with Crippen LogP contribution in [-0.4, -0.2) is 49.0 Å². The summed E-state index contributed by atoms with van der Waals surface area (Å²) in [6.45, 7) is 10.4. The molecule has 0 spiro atoms. The average Bonchev–Trinajstić information content (AvgIpc) is 2.66. The molecule has 0 unspecified atom stereocenters. The second kappa shape index (κ2) is 10.8. The fourth-order valence-electron chi connectivity index (χ4n) is 2.72. The Morgan fingerprint density at radius 2 is 1.83 bits per heavy atom. The maximum atomic E-state index is 12.3. The summed E-state index contributed by atoms with van der Waals surface area (Å²) in [5, 5.41) is 19.5. The molecule has 0 atom stereocenters. The largest absolute Gasteiger partial charge is 0.508 e. The van der Waals surface area contributed by atoms with E-state index >= 15 is 0 Å². The molecule has 0 aliphatic carbocycles. The van der Waals surface area contributed by atoms with Gasteiger partial charge in [0.2, 0.25) is 0 Å². The van der Waals surface area contributed by atoms with E-state index in [1.54, 1.807) is 32.4 Å². The molecule has 0 heterocycles. The molecular formula is C21H36N4O4. The minimum atomic E-state index is -0.554. The number of aliphatic imine (C=N–C) groups is 1. The van der Waals surface area contributed by atoms with Crippen molar-refractivity contribution in [3.63, 3.8) is 0 Å². The molecule has 8 nitrogen and oxygen atoms in total. The van der Waals surface area contributed by atoms with Crippen molar-refractivity contribution in [2.24, 2.45) is 4.99 Å². The average molecular weight is 409 g/mol. The number of carbonyl (C=O) groups excluding carboxylic acids is 1. The van der Waals surface area contributed by atoms with E-state index in [1.807, 2.05) is 34.6 Å². The van der Waals surface area contributed by atoms with Crippen molar-refractivity contribution in [3.05, 3.63) is 23.8 Å². The van der Waals surface area contributed by atoms with Gasteiger partial charge in [0.15, 0.2) is 5.96 Å². The summed E-state index contributed by atoms with van der Waals surface area (Å²) >= 11 is 0. The van der Waals surface area contributed by atoms with Gasteiger partial charge in [-0.2, -0.15) is 0 Å². The zero-order valence-electron chi connectivity index (χ0n) is 18.7. The van der Waals surface area contributed by atoms with Crippen LogP contribution in [0, 0.1) is 0 Å². The highest BCUT2D eigenvalue weighted by molar-refractivity contribution is 5.80. The molecule has 29 heavy (non-hydrogen) atoms. The first-order valence-electron chi connectivity index (χ1n) is 9.89. The summed E-state index contributed by atoms with van der Waals surface area (Å²) in [7, 11) is 3.25. The lowest BCUT2D eigenvalue weighted by Gasteiger charge is -2.34. The van der Waals surface area contributed by atoms with Crippen molar-refractivity contribution in [2.75, 3.05) is 20.7 Å². The topological polar surface area (TPSA) is 104 Å². The van der Waals surface area contributed by atoms with E-state index in [9.17, 15) is 9.90 Å². The van der Waals surface area contributed by atoms with Crippen LogP contribution in [0.15, 0.2) is 23.2 Å². The molecule has 0 aromatic heterocycles. The van der Waals surface area contributed by atoms with Gasteiger partial charge in [-0.15, -0.1) is 0 Å². The number of carbonyl (C=O) groups is 1. The number of amides is 1. The van der Waals surface area contributed by atoms with Crippen molar-refractivity contribution < 1.29 is 19.4 Å². The molecule has 4 N–H and O–H groups in total. The molecule has 8 heteroatoms. The Morgan fingerprint density at radius 1 is 1.17 bits per heavy atom. The molecule has 1 aromatic rings. The molecule has 1 rings (SSSR count). The lowest BCUT2D eigenvalue weighted by atomic mass is 9.93. The number of phenols is 1. The zero-order valence-corrected chi connectivity index (χ0v) is 18.7. The zero-order chi connectivity index (χ0) is 22.1. The van der Waals surface area contributed by atoms with Crippen LogP contribution >= 0.6 is 0 Å². The number of alkyl carbamates (subject to hydrolysis) is 1. The Kier molecular flexibility index (Phi) is 9.07. The number of aromatic hydroxyl groups is 1. The van der Waals surface area contributed by atoms with Gasteiger partial charge in [0.05, 0.1) is 12.6 Å². The van der Waals surface area contributed by atoms with Crippen molar-refractivity contribution in [1.29, 1.82) is 0 Å². The summed E-state index contributed by atoms with van der Waals surface area (Å²) in [6, 6.07) is 5.06. The van der Waals surface area contributed by atoms with Gasteiger partial charge in [0.25, 0.3) is 0 Å². The molecule has 0 radical (unpaired) electrons. The number of phenolic OH excluding ortho intramolecular Hbond substituents is 1. The van der Waals surface area contributed by atoms with Gasteiger partial charge in [0.1, 0.15) is 17.1 Å². The van der Waals surface area contributed by atoms with Gasteiger partial charge in [-0.1, -0.05) is 13.8 Å². The van der Waals surface area contributed by atoms with Gasteiger partial charge in [-0.05, 0) is 51.8 Å². The summed E-state index contributed by atoms with van der Waals surface area (Å²) in [4.78, 5) is 16.5. The first-order chi connectivity index (χ1) is 13.6. The number of methoxy groups -OCH3 is 1. The van der Waals surface area contributed by atoms with Crippen LogP contribution < -0.4 is 20.7 Å². The lowest BCUT2D eigenvalue weighted by molar-refractivity contribution is 0.0448. The molecule has 164 valence electrons. The van der Waals surface area contributed by atoms with E-state index in [2.05, 4.69) is 20.9 Å². The van der Waals surface area contributed by atoms with Crippen molar-refractivity contribution in [1.82, 2.24) is 16.0 Å². The predicted molar refractivity (Wildman–Crippen MR) is 116 cm³/mol. The minimum absolute atomic E-state index is 0.178. The number of hydrogen-bond donors (Lipinski definition) is 4. The minimum Gasteiger partial charge on any atom is -0.508 e. The molecule has 0 aliphatic rings. The molecule has 0 aliphatic heterocycles. The summed E-state index contributed by atoms with van der Waals surface area (Å²) in [5.74, 6) is 1.40. The van der Waals surface area contributed by atoms with E-state index in [0.717, 1.165) is 12.8 Å². The monoisotopic (exact) mass is 408 g/mol. The second-order valence-corrected chi connectivity index (χ2v) is 7.89. The van der Waals surface area contributed by atoms with Crippen LogP contribution in [0.5, 0.6) is 11.5 Å². The number of rotatable bonds is 8. The molecule has 1 aromatic carbocycles. The third-order valence-electron chi connectivity index (χ3n) is 4.67. The summed E-state index contributed by atoms with van der Waals surface area (Å²) in [6.07, 6.45) is 1.01. The van der Waals surface area contributed by atoms with E-state index in [4.69, 9.17) is 9.47 Å². The SMILES string of the molecule is CCC(CC)(CNC(=NC)NCc1cc(OC)ccc1O)NC(=O)OC(C)(C)C. The number of ether oxygens (including phenoxy) is 2. The van der Waals surface area contributed by atoms with Gasteiger partial charge in [0, 0.05) is 25.7 Å². The number of benzene rings is 1. The van der Waals surface area contributed by atoms with E-state index in [0.29, 0.717) is 30.4 Å². The fraction of sp³-hybridized carbons (Fsp3) is 0.619. The number of nitrogens with zero attached hydrogens (tertiary/aromatic N) is 1. The van der Waals surface area contributed by atoms with Crippen LogP contribution in [0.25, 0.3) is 0 Å². The smallest absolute Gasteiger partial charge is 0.408 e. The van der Waals surface area contributed by atoms with Crippen molar-refractivity contribution in [2.45, 2.75) is 65.1 Å². The number of hydrogen-bond acceptors (Lipinski definition) is 5. The highest BCUT2D eigenvalue weighted by atomic mass is 16.6. The van der Waals surface area contributed by atoms with Gasteiger partial charge < -0.3 is 30.5 Å². The Hall–Kier alpha value is -2.64. The van der Waals surface area contributed by atoms with Crippen LogP contribution in [0.2, 0.25) is 0 Å². The third kappa shape index (κ3) is 8.09. The van der Waals surface area contributed by atoms with Gasteiger partial charge >= 0.3 is 6.09 Å². The van der Waals surface area contributed by atoms with E-state index in [1.165, 1.54) is 0 Å². The first-order valence-corrected chi connectivity index (χ1v) is 9.89. The van der Waals surface area contributed by atoms with Crippen LogP contribution in [-0.2, 0) is 11.3 Å². The quantitative estimate of drug-likeness (QED) is 0.389. The van der Waals surface area contributed by atoms with E-state index in [-0.39, 0.29) is 5.75 Å². The number of guanidine groups is 1. The highest BCUT2D eigenvalue weighted by Crippen LogP contribution is 2.22. The Morgan fingerprint density at radius 3 is 2.34 bits per heavy atom. The van der Waals surface area contributed by atoms with Gasteiger partial charge in [-0.3, -0.25) is 4.99 Å². The van der Waals surface area contributed by atoms with Gasteiger partial charge in [-0.25, -0.2) is 4.79 Å². The Bertz CT molecular complexity index is 694. The van der Waals surface area contributed by atoms with Crippen LogP contribution in [0.4, 0.5) is 4.79 Å². The lowest BCUT2D eigenvalue weighted by Crippen LogP contribution is -2.57. The van der Waals surface area contributed by atoms with Crippen LogP contribution in [0.3, 0.4) is 0 Å². The van der Waals surface area contributed by atoms with Crippen molar-refractivity contribution >= 4 is 12.1 Å². The predicted octanol–water partition coefficient (Wildman–Crippen LogP) is 3.15.